The first kappa shape index (κ1) is 7.69. The summed E-state index contributed by atoms with van der Waals surface area (Å²) < 4.78 is 0. The summed E-state index contributed by atoms with van der Waals surface area (Å²) in [6, 6.07) is 0. The molecule has 0 aromatic carbocycles. The zero-order valence-corrected chi connectivity index (χ0v) is 5.92. The Morgan fingerprint density at radius 1 is 1.30 bits per heavy atom. The third-order valence-corrected chi connectivity index (χ3v) is 1.84. The molecule has 3 heteroatoms. The molecule has 3 nitrogen and oxygen atoms in total. The van der Waals surface area contributed by atoms with Crippen molar-refractivity contribution in [1.29, 1.82) is 0 Å². The molecule has 0 amide bonds. The van der Waals surface area contributed by atoms with E-state index in [0.29, 0.717) is 0 Å². The summed E-state index contributed by atoms with van der Waals surface area (Å²) in [5.74, 6) is 0. The maximum atomic E-state index is 9.99. The van der Waals surface area contributed by atoms with Crippen LogP contribution in [0, 0.1) is 0 Å². The molecule has 10 heavy (non-hydrogen) atoms. The van der Waals surface area contributed by atoms with E-state index in [1.54, 1.807) is 11.2 Å². The van der Waals surface area contributed by atoms with Gasteiger partial charge in [0.2, 0.25) is 6.29 Å². The van der Waals surface area contributed by atoms with Crippen LogP contribution in [0.3, 0.4) is 0 Å². The quantitative estimate of drug-likeness (QED) is 0.585. The molecule has 0 aliphatic carbocycles. The van der Waals surface area contributed by atoms with E-state index in [4.69, 9.17) is 5.11 Å². The molecule has 1 unspecified atom stereocenters. The van der Waals surface area contributed by atoms with Crippen LogP contribution in [-0.4, -0.2) is 35.6 Å². The number of carbonyl (C=O) groups excluding carboxylic acids is 1. The summed E-state index contributed by atoms with van der Waals surface area (Å²) in [5, 5.41) is 8.98. The molecule has 0 saturated carbocycles. The lowest BCUT2D eigenvalue weighted by molar-refractivity contribution is 0.0410. The van der Waals surface area contributed by atoms with Gasteiger partial charge in [-0.25, -0.2) is 0 Å². The van der Waals surface area contributed by atoms with Crippen LogP contribution in [0.15, 0.2) is 0 Å². The Morgan fingerprint density at radius 2 is 1.90 bits per heavy atom. The van der Waals surface area contributed by atoms with Crippen molar-refractivity contribution >= 4 is 6.29 Å². The predicted molar refractivity (Wildman–Crippen MR) is 37.1 cm³/mol. The molecule has 1 heterocycles. The van der Waals surface area contributed by atoms with E-state index in [-0.39, 0.29) is 0 Å². The number of piperidine rings is 1. The highest BCUT2D eigenvalue weighted by Gasteiger charge is 2.17. The van der Waals surface area contributed by atoms with Gasteiger partial charge in [-0.3, -0.25) is 9.69 Å². The highest BCUT2D eigenvalue weighted by Crippen LogP contribution is 2.09. The minimum absolute atomic E-state index is 0.830. The predicted octanol–water partition coefficient (Wildman–Crippen LogP) is -0.0996. The first-order valence-electron chi connectivity index (χ1n) is 3.64. The molecule has 1 N–H and O–H groups in total. The summed E-state index contributed by atoms with van der Waals surface area (Å²) in [7, 11) is 0. The van der Waals surface area contributed by atoms with E-state index >= 15 is 0 Å². The number of nitrogens with zero attached hydrogens (tertiary/aromatic N) is 1. The molecular weight excluding hydrogens is 130 g/mol. The molecular formula is C7H12NO2. The van der Waals surface area contributed by atoms with E-state index in [1.165, 1.54) is 6.42 Å². The summed E-state index contributed by atoms with van der Waals surface area (Å²) in [6.07, 6.45) is 3.95. The van der Waals surface area contributed by atoms with Crippen molar-refractivity contribution < 1.29 is 9.90 Å². The topological polar surface area (TPSA) is 40.5 Å². The van der Waals surface area contributed by atoms with Gasteiger partial charge in [0.25, 0.3) is 0 Å². The van der Waals surface area contributed by atoms with Gasteiger partial charge < -0.3 is 5.11 Å². The van der Waals surface area contributed by atoms with Crippen molar-refractivity contribution in [2.45, 2.75) is 25.5 Å². The van der Waals surface area contributed by atoms with Crippen molar-refractivity contribution in [1.82, 2.24) is 4.90 Å². The largest absolute Gasteiger partial charge is 0.371 e. The lowest BCUT2D eigenvalue weighted by atomic mass is 10.1. The normalized spacial score (nSPS) is 24.1. The molecule has 1 atom stereocenters. The fourth-order valence-corrected chi connectivity index (χ4v) is 1.24. The molecule has 0 aromatic heterocycles. The first-order valence-corrected chi connectivity index (χ1v) is 3.64. The minimum Gasteiger partial charge on any atom is -0.371 e. The van der Waals surface area contributed by atoms with Crippen LogP contribution in [0.5, 0.6) is 0 Å². The van der Waals surface area contributed by atoms with Crippen molar-refractivity contribution in [3.05, 3.63) is 0 Å². The van der Waals surface area contributed by atoms with Gasteiger partial charge in [-0.2, -0.15) is 0 Å². The number of hydrogen-bond donors (Lipinski definition) is 1. The molecule has 0 spiro atoms. The monoisotopic (exact) mass is 142 g/mol. The van der Waals surface area contributed by atoms with Gasteiger partial charge in [0.05, 0.1) is 0 Å². The number of hydrogen-bond acceptors (Lipinski definition) is 3. The average Bonchev–Trinajstić information content (AvgIpc) is 2.05. The van der Waals surface area contributed by atoms with E-state index in [9.17, 15) is 4.79 Å². The SMILES string of the molecule is O=[C]C(O)N1CCCCC1. The molecule has 0 bridgehead atoms. The van der Waals surface area contributed by atoms with Crippen LogP contribution in [0.25, 0.3) is 0 Å². The Labute approximate surface area is 60.6 Å². The van der Waals surface area contributed by atoms with Crippen LogP contribution in [0.2, 0.25) is 0 Å². The van der Waals surface area contributed by atoms with Gasteiger partial charge in [-0.05, 0) is 12.8 Å². The van der Waals surface area contributed by atoms with Crippen molar-refractivity contribution in [3.8, 4) is 0 Å². The van der Waals surface area contributed by atoms with Crippen LogP contribution in [0.4, 0.5) is 0 Å². The third kappa shape index (κ3) is 1.78. The number of rotatable bonds is 2. The summed E-state index contributed by atoms with van der Waals surface area (Å²) in [4.78, 5) is 11.7. The van der Waals surface area contributed by atoms with Gasteiger partial charge in [0, 0.05) is 13.1 Å². The van der Waals surface area contributed by atoms with Crippen molar-refractivity contribution in [2.75, 3.05) is 13.1 Å². The lowest BCUT2D eigenvalue weighted by Crippen LogP contribution is -2.39. The number of likely N-dealkylation sites (tertiary alicyclic amines) is 1. The maximum absolute atomic E-state index is 9.99. The summed E-state index contributed by atoms with van der Waals surface area (Å²) in [5.41, 5.74) is 0. The summed E-state index contributed by atoms with van der Waals surface area (Å²) in [6.45, 7) is 1.66. The zero-order chi connectivity index (χ0) is 7.40. The second kappa shape index (κ2) is 3.68. The number of aliphatic hydroxyl groups excluding tert-OH is 1. The average molecular weight is 142 g/mol. The maximum Gasteiger partial charge on any atom is 0.246 e. The van der Waals surface area contributed by atoms with Gasteiger partial charge in [-0.1, -0.05) is 6.42 Å². The molecule has 1 fully saturated rings. The van der Waals surface area contributed by atoms with E-state index in [1.807, 2.05) is 0 Å². The minimum atomic E-state index is -0.986. The second-order valence-electron chi connectivity index (χ2n) is 2.59. The lowest BCUT2D eigenvalue weighted by Gasteiger charge is -2.27. The fraction of sp³-hybridized carbons (Fsp3) is 0.857. The van der Waals surface area contributed by atoms with Gasteiger partial charge >= 0.3 is 0 Å². The molecule has 1 rings (SSSR count). The van der Waals surface area contributed by atoms with E-state index in [2.05, 4.69) is 0 Å². The Bertz CT molecular complexity index is 110. The fourth-order valence-electron chi connectivity index (χ4n) is 1.24. The second-order valence-corrected chi connectivity index (χ2v) is 2.59. The third-order valence-electron chi connectivity index (χ3n) is 1.84. The molecule has 57 valence electrons. The standard InChI is InChI=1S/C7H12NO2/c9-6-7(10)8-4-2-1-3-5-8/h7,10H,1-5H2. The zero-order valence-electron chi connectivity index (χ0n) is 5.92. The molecule has 1 aliphatic heterocycles. The Kier molecular flexibility index (Phi) is 2.83. The van der Waals surface area contributed by atoms with Crippen LogP contribution < -0.4 is 0 Å². The Balaban J connectivity index is 2.30. The van der Waals surface area contributed by atoms with E-state index < -0.39 is 6.23 Å². The Morgan fingerprint density at radius 3 is 2.40 bits per heavy atom. The van der Waals surface area contributed by atoms with Crippen molar-refractivity contribution in [2.24, 2.45) is 0 Å². The number of aliphatic hydroxyl groups is 1. The van der Waals surface area contributed by atoms with Crippen LogP contribution >= 0.6 is 0 Å². The smallest absolute Gasteiger partial charge is 0.246 e. The first-order chi connectivity index (χ1) is 4.84. The van der Waals surface area contributed by atoms with E-state index in [0.717, 1.165) is 25.9 Å². The highest BCUT2D eigenvalue weighted by atomic mass is 16.3. The van der Waals surface area contributed by atoms with Crippen LogP contribution in [0.1, 0.15) is 19.3 Å². The molecule has 1 aliphatic rings. The highest BCUT2D eigenvalue weighted by molar-refractivity contribution is 5.55. The van der Waals surface area contributed by atoms with Gasteiger partial charge in [-0.15, -0.1) is 0 Å². The van der Waals surface area contributed by atoms with Crippen LogP contribution in [-0.2, 0) is 4.79 Å². The van der Waals surface area contributed by atoms with Crippen molar-refractivity contribution in [3.63, 3.8) is 0 Å². The van der Waals surface area contributed by atoms with Gasteiger partial charge in [0.15, 0.2) is 6.23 Å². The van der Waals surface area contributed by atoms with Gasteiger partial charge in [0.1, 0.15) is 0 Å². The Hall–Kier alpha value is -0.410. The molecule has 1 radical (unpaired) electrons. The molecule has 0 aromatic rings. The summed E-state index contributed by atoms with van der Waals surface area (Å²) >= 11 is 0. The molecule has 1 saturated heterocycles.